The number of carbonyl (C=O) groups is 1. The van der Waals surface area contributed by atoms with Crippen molar-refractivity contribution in [2.45, 2.75) is 13.5 Å². The SMILES string of the molecule is COC.Cc1ccc(OCc2cccc(C=O)n2)cc1. The van der Waals surface area contributed by atoms with Crippen molar-refractivity contribution in [3.8, 4) is 5.75 Å². The zero-order valence-electron chi connectivity index (χ0n) is 12.0. The molecule has 0 atom stereocenters. The number of rotatable bonds is 4. The number of benzene rings is 1. The highest BCUT2D eigenvalue weighted by Crippen LogP contribution is 2.13. The molecule has 0 unspecified atom stereocenters. The molecule has 1 aromatic heterocycles. The Morgan fingerprint density at radius 2 is 1.75 bits per heavy atom. The Bertz CT molecular complexity index is 524. The second kappa shape index (κ2) is 8.82. The summed E-state index contributed by atoms with van der Waals surface area (Å²) < 4.78 is 9.82. The lowest BCUT2D eigenvalue weighted by Gasteiger charge is -2.06. The summed E-state index contributed by atoms with van der Waals surface area (Å²) in [5, 5.41) is 0. The van der Waals surface area contributed by atoms with Crippen LogP contribution in [-0.2, 0) is 11.3 Å². The second-order valence-electron chi connectivity index (χ2n) is 4.18. The van der Waals surface area contributed by atoms with Crippen LogP contribution < -0.4 is 4.74 Å². The van der Waals surface area contributed by atoms with Crippen LogP contribution in [0.15, 0.2) is 42.5 Å². The fourth-order valence-corrected chi connectivity index (χ4v) is 1.44. The van der Waals surface area contributed by atoms with E-state index in [9.17, 15) is 4.79 Å². The zero-order chi connectivity index (χ0) is 14.8. The average molecular weight is 273 g/mol. The third kappa shape index (κ3) is 5.63. The van der Waals surface area contributed by atoms with E-state index in [1.54, 1.807) is 26.4 Å². The van der Waals surface area contributed by atoms with Crippen molar-refractivity contribution in [3.05, 3.63) is 59.4 Å². The van der Waals surface area contributed by atoms with Gasteiger partial charge in [0.05, 0.1) is 5.69 Å². The van der Waals surface area contributed by atoms with Crippen molar-refractivity contribution in [3.63, 3.8) is 0 Å². The molecule has 1 heterocycles. The molecule has 0 aliphatic carbocycles. The van der Waals surface area contributed by atoms with Crippen molar-refractivity contribution < 1.29 is 14.3 Å². The molecule has 20 heavy (non-hydrogen) atoms. The lowest BCUT2D eigenvalue weighted by Crippen LogP contribution is -2.00. The van der Waals surface area contributed by atoms with Crippen LogP contribution in [0.4, 0.5) is 0 Å². The number of carbonyl (C=O) groups excluding carboxylic acids is 1. The maximum Gasteiger partial charge on any atom is 0.168 e. The van der Waals surface area contributed by atoms with Gasteiger partial charge in [-0.2, -0.15) is 0 Å². The molecule has 2 aromatic rings. The maximum atomic E-state index is 10.6. The van der Waals surface area contributed by atoms with Crippen LogP contribution >= 0.6 is 0 Å². The van der Waals surface area contributed by atoms with Crippen molar-refractivity contribution in [1.82, 2.24) is 4.98 Å². The monoisotopic (exact) mass is 273 g/mol. The summed E-state index contributed by atoms with van der Waals surface area (Å²) in [6, 6.07) is 13.1. The van der Waals surface area contributed by atoms with Gasteiger partial charge in [-0.1, -0.05) is 23.8 Å². The Kier molecular flexibility index (Phi) is 7.00. The number of aldehydes is 1. The molecular weight excluding hydrogens is 254 g/mol. The summed E-state index contributed by atoms with van der Waals surface area (Å²) in [6.07, 6.45) is 0.732. The predicted molar refractivity (Wildman–Crippen MR) is 78.1 cm³/mol. The van der Waals surface area contributed by atoms with Gasteiger partial charge in [0.15, 0.2) is 6.29 Å². The van der Waals surface area contributed by atoms with Gasteiger partial charge in [0.25, 0.3) is 0 Å². The Balaban J connectivity index is 0.000000612. The van der Waals surface area contributed by atoms with E-state index in [4.69, 9.17) is 4.74 Å². The Morgan fingerprint density at radius 1 is 1.10 bits per heavy atom. The van der Waals surface area contributed by atoms with Crippen LogP contribution in [0.2, 0.25) is 0 Å². The number of aryl methyl sites for hydroxylation is 1. The number of hydrogen-bond donors (Lipinski definition) is 0. The number of nitrogens with zero attached hydrogens (tertiary/aromatic N) is 1. The van der Waals surface area contributed by atoms with Gasteiger partial charge in [0.2, 0.25) is 0 Å². The third-order valence-electron chi connectivity index (χ3n) is 2.36. The fourth-order valence-electron chi connectivity index (χ4n) is 1.44. The minimum Gasteiger partial charge on any atom is -0.487 e. The fraction of sp³-hybridized carbons (Fsp3) is 0.250. The van der Waals surface area contributed by atoms with Gasteiger partial charge in [-0.15, -0.1) is 0 Å². The first-order valence-corrected chi connectivity index (χ1v) is 6.20. The molecule has 2 rings (SSSR count). The van der Waals surface area contributed by atoms with Gasteiger partial charge in [-0.3, -0.25) is 4.79 Å². The Hall–Kier alpha value is -2.20. The molecule has 4 heteroatoms. The summed E-state index contributed by atoms with van der Waals surface area (Å²) in [5.41, 5.74) is 2.36. The highest BCUT2D eigenvalue weighted by Gasteiger charge is 1.98. The zero-order valence-corrected chi connectivity index (χ0v) is 12.0. The molecule has 0 saturated carbocycles. The van der Waals surface area contributed by atoms with Gasteiger partial charge in [-0.25, -0.2) is 4.98 Å². The van der Waals surface area contributed by atoms with E-state index in [0.29, 0.717) is 12.3 Å². The highest BCUT2D eigenvalue weighted by atomic mass is 16.5. The average Bonchev–Trinajstić information content (AvgIpc) is 2.48. The topological polar surface area (TPSA) is 48.4 Å². The number of aromatic nitrogens is 1. The lowest BCUT2D eigenvalue weighted by molar-refractivity contribution is 0.111. The Labute approximate surface area is 119 Å². The first-order chi connectivity index (χ1) is 9.69. The third-order valence-corrected chi connectivity index (χ3v) is 2.36. The quantitative estimate of drug-likeness (QED) is 0.803. The van der Waals surface area contributed by atoms with Gasteiger partial charge in [0.1, 0.15) is 18.1 Å². The summed E-state index contributed by atoms with van der Waals surface area (Å²) in [6.45, 7) is 2.39. The van der Waals surface area contributed by atoms with E-state index in [0.717, 1.165) is 17.7 Å². The van der Waals surface area contributed by atoms with Crippen molar-refractivity contribution in [2.24, 2.45) is 0 Å². The van der Waals surface area contributed by atoms with Gasteiger partial charge in [0, 0.05) is 14.2 Å². The van der Waals surface area contributed by atoms with Gasteiger partial charge in [-0.05, 0) is 31.2 Å². The van der Waals surface area contributed by atoms with Crippen LogP contribution in [-0.4, -0.2) is 25.5 Å². The molecule has 0 amide bonds. The number of pyridine rings is 1. The van der Waals surface area contributed by atoms with Crippen LogP contribution in [0.5, 0.6) is 5.75 Å². The van der Waals surface area contributed by atoms with E-state index in [1.165, 1.54) is 5.56 Å². The van der Waals surface area contributed by atoms with E-state index in [1.807, 2.05) is 37.3 Å². The minimum atomic E-state index is 0.366. The van der Waals surface area contributed by atoms with Crippen molar-refractivity contribution in [1.29, 1.82) is 0 Å². The molecule has 0 fully saturated rings. The first kappa shape index (κ1) is 15.9. The van der Waals surface area contributed by atoms with Gasteiger partial charge >= 0.3 is 0 Å². The van der Waals surface area contributed by atoms with E-state index in [2.05, 4.69) is 9.72 Å². The molecule has 0 spiro atoms. The Morgan fingerprint density at radius 3 is 2.35 bits per heavy atom. The molecular formula is C16H19NO3. The summed E-state index contributed by atoms with van der Waals surface area (Å²) in [7, 11) is 3.25. The van der Waals surface area contributed by atoms with Crippen LogP contribution in [0.1, 0.15) is 21.7 Å². The smallest absolute Gasteiger partial charge is 0.168 e. The van der Waals surface area contributed by atoms with Crippen molar-refractivity contribution in [2.75, 3.05) is 14.2 Å². The first-order valence-electron chi connectivity index (χ1n) is 6.20. The number of ether oxygens (including phenoxy) is 2. The van der Waals surface area contributed by atoms with Crippen molar-refractivity contribution >= 4 is 6.29 Å². The number of hydrogen-bond acceptors (Lipinski definition) is 4. The molecule has 0 aliphatic rings. The van der Waals surface area contributed by atoms with E-state index in [-0.39, 0.29) is 0 Å². The van der Waals surface area contributed by atoms with E-state index >= 15 is 0 Å². The summed E-state index contributed by atoms with van der Waals surface area (Å²) in [5.74, 6) is 0.800. The molecule has 0 saturated heterocycles. The molecule has 0 radical (unpaired) electrons. The van der Waals surface area contributed by atoms with Crippen LogP contribution in [0.3, 0.4) is 0 Å². The standard InChI is InChI=1S/C14H13NO2.C2H6O/c1-11-5-7-14(8-6-11)17-10-13-4-2-3-12(9-16)15-13;1-3-2/h2-9H,10H2,1H3;1-2H3. The molecule has 4 nitrogen and oxygen atoms in total. The van der Waals surface area contributed by atoms with E-state index < -0.39 is 0 Å². The molecule has 0 aliphatic heterocycles. The predicted octanol–water partition coefficient (Wildman–Crippen LogP) is 3.04. The molecule has 106 valence electrons. The van der Waals surface area contributed by atoms with Crippen LogP contribution in [0.25, 0.3) is 0 Å². The largest absolute Gasteiger partial charge is 0.487 e. The maximum absolute atomic E-state index is 10.6. The normalized spacial score (nSPS) is 9.35. The molecule has 0 N–H and O–H groups in total. The number of methoxy groups -OCH3 is 1. The molecule has 0 bridgehead atoms. The highest BCUT2D eigenvalue weighted by molar-refractivity contribution is 5.71. The summed E-state index contributed by atoms with van der Waals surface area (Å²) in [4.78, 5) is 14.7. The van der Waals surface area contributed by atoms with Gasteiger partial charge < -0.3 is 9.47 Å². The van der Waals surface area contributed by atoms with Crippen LogP contribution in [0, 0.1) is 6.92 Å². The minimum absolute atomic E-state index is 0.366. The molecule has 1 aromatic carbocycles. The lowest BCUT2D eigenvalue weighted by atomic mass is 10.2. The second-order valence-corrected chi connectivity index (χ2v) is 4.18. The summed E-state index contributed by atoms with van der Waals surface area (Å²) >= 11 is 0.